The van der Waals surface area contributed by atoms with Crippen molar-refractivity contribution >= 4 is 16.7 Å². The van der Waals surface area contributed by atoms with Crippen LogP contribution in [0, 0.1) is 0 Å². The first kappa shape index (κ1) is 14.6. The van der Waals surface area contributed by atoms with Crippen molar-refractivity contribution in [3.63, 3.8) is 0 Å². The molecular weight excluding hydrogens is 248 g/mol. The lowest BCUT2D eigenvalue weighted by atomic mass is 9.95. The summed E-state index contributed by atoms with van der Waals surface area (Å²) < 4.78 is 5.23. The van der Waals surface area contributed by atoms with Gasteiger partial charge in [0.25, 0.3) is 0 Å². The van der Waals surface area contributed by atoms with Gasteiger partial charge in [-0.2, -0.15) is 0 Å². The minimum atomic E-state index is -0.246. The Morgan fingerprint density at radius 1 is 1.05 bits per heavy atom. The Balaban J connectivity index is 2.33. The lowest BCUT2D eigenvalue weighted by molar-refractivity contribution is -0.145. The third kappa shape index (κ3) is 3.19. The van der Waals surface area contributed by atoms with Crippen LogP contribution in [0.2, 0.25) is 0 Å². The molecule has 0 aromatic heterocycles. The predicted octanol–water partition coefficient (Wildman–Crippen LogP) is 4.98. The van der Waals surface area contributed by atoms with Crippen LogP contribution in [0.25, 0.3) is 10.8 Å². The van der Waals surface area contributed by atoms with Gasteiger partial charge >= 0.3 is 5.97 Å². The lowest BCUT2D eigenvalue weighted by Crippen LogP contribution is -2.04. The lowest BCUT2D eigenvalue weighted by Gasteiger charge is -2.14. The summed E-state index contributed by atoms with van der Waals surface area (Å²) in [6.07, 6.45) is 0.943. The van der Waals surface area contributed by atoms with Gasteiger partial charge in [-0.1, -0.05) is 44.2 Å². The fraction of sp³-hybridized carbons (Fsp3) is 0.389. The monoisotopic (exact) mass is 270 g/mol. The number of hydrogen-bond acceptors (Lipinski definition) is 2. The molecule has 2 unspecified atom stereocenters. The van der Waals surface area contributed by atoms with E-state index in [2.05, 4.69) is 44.2 Å². The maximum Gasteiger partial charge on any atom is 0.303 e. The average molecular weight is 270 g/mol. The van der Waals surface area contributed by atoms with Crippen molar-refractivity contribution in [3.8, 4) is 0 Å². The molecule has 0 spiro atoms. The number of rotatable bonds is 4. The normalized spacial score (nSPS) is 14.0. The van der Waals surface area contributed by atoms with Crippen molar-refractivity contribution < 1.29 is 9.53 Å². The van der Waals surface area contributed by atoms with Gasteiger partial charge in [-0.3, -0.25) is 4.79 Å². The summed E-state index contributed by atoms with van der Waals surface area (Å²) in [6, 6.07) is 12.8. The minimum Gasteiger partial charge on any atom is -0.458 e. The number of carbonyl (C=O) groups is 1. The molecule has 0 radical (unpaired) electrons. The number of fused-ring (bicyclic) bond motifs is 1. The van der Waals surface area contributed by atoms with Gasteiger partial charge in [0.1, 0.15) is 6.10 Å². The zero-order valence-corrected chi connectivity index (χ0v) is 12.6. The smallest absolute Gasteiger partial charge is 0.303 e. The fourth-order valence-corrected chi connectivity index (χ4v) is 2.39. The van der Waals surface area contributed by atoms with Gasteiger partial charge in [0.2, 0.25) is 0 Å². The first-order chi connectivity index (χ1) is 9.51. The highest BCUT2D eigenvalue weighted by Gasteiger charge is 2.10. The van der Waals surface area contributed by atoms with E-state index in [1.54, 1.807) is 0 Å². The topological polar surface area (TPSA) is 26.3 Å². The highest BCUT2D eigenvalue weighted by molar-refractivity contribution is 5.84. The molecule has 2 aromatic carbocycles. The van der Waals surface area contributed by atoms with E-state index in [1.807, 2.05) is 13.0 Å². The minimum absolute atomic E-state index is 0.203. The molecule has 2 nitrogen and oxygen atoms in total. The van der Waals surface area contributed by atoms with Crippen LogP contribution in [0.3, 0.4) is 0 Å². The summed E-state index contributed by atoms with van der Waals surface area (Å²) in [5, 5.41) is 2.43. The van der Waals surface area contributed by atoms with Crippen LogP contribution < -0.4 is 0 Å². The van der Waals surface area contributed by atoms with Gasteiger partial charge in [0.05, 0.1) is 0 Å². The first-order valence-corrected chi connectivity index (χ1v) is 7.22. The standard InChI is InChI=1S/C18H22O2/c1-5-12(2)15-6-8-18-11-16(7-9-17(18)10-15)13(3)20-14(4)19/h6-13H,5H2,1-4H3. The third-order valence-corrected chi connectivity index (χ3v) is 3.88. The van der Waals surface area contributed by atoms with Gasteiger partial charge in [-0.05, 0) is 47.2 Å². The quantitative estimate of drug-likeness (QED) is 0.732. The number of hydrogen-bond donors (Lipinski definition) is 0. The molecule has 0 aliphatic carbocycles. The number of carbonyl (C=O) groups excluding carboxylic acids is 1. The molecule has 20 heavy (non-hydrogen) atoms. The maximum absolute atomic E-state index is 11.0. The Labute approximate surface area is 120 Å². The molecular formula is C18H22O2. The molecule has 0 bridgehead atoms. The molecule has 2 heteroatoms. The van der Waals surface area contributed by atoms with Crippen molar-refractivity contribution in [1.29, 1.82) is 0 Å². The van der Waals surface area contributed by atoms with E-state index in [0.29, 0.717) is 5.92 Å². The Bertz CT molecular complexity index is 616. The molecule has 2 aromatic rings. The van der Waals surface area contributed by atoms with Crippen LogP contribution >= 0.6 is 0 Å². The summed E-state index contributed by atoms with van der Waals surface area (Å²) >= 11 is 0. The Morgan fingerprint density at radius 3 is 2.15 bits per heavy atom. The van der Waals surface area contributed by atoms with Gasteiger partial charge in [-0.25, -0.2) is 0 Å². The van der Waals surface area contributed by atoms with E-state index in [4.69, 9.17) is 4.74 Å². The summed E-state index contributed by atoms with van der Waals surface area (Å²) in [5.41, 5.74) is 2.41. The van der Waals surface area contributed by atoms with Crippen LogP contribution in [0.15, 0.2) is 36.4 Å². The van der Waals surface area contributed by atoms with Crippen LogP contribution in [0.4, 0.5) is 0 Å². The highest BCUT2D eigenvalue weighted by Crippen LogP contribution is 2.26. The first-order valence-electron chi connectivity index (χ1n) is 7.22. The Morgan fingerprint density at radius 2 is 1.60 bits per heavy atom. The SMILES string of the molecule is CCC(C)c1ccc2cc(C(C)OC(C)=O)ccc2c1. The van der Waals surface area contributed by atoms with Gasteiger partial charge in [0, 0.05) is 6.92 Å². The molecule has 0 saturated carbocycles. The molecule has 106 valence electrons. The maximum atomic E-state index is 11.0. The molecule has 0 saturated heterocycles. The molecule has 2 atom stereocenters. The molecule has 0 fully saturated rings. The average Bonchev–Trinajstić information content (AvgIpc) is 2.44. The summed E-state index contributed by atoms with van der Waals surface area (Å²) in [6.45, 7) is 7.79. The van der Waals surface area contributed by atoms with Gasteiger partial charge in [0.15, 0.2) is 0 Å². The fourth-order valence-electron chi connectivity index (χ4n) is 2.39. The van der Waals surface area contributed by atoms with E-state index in [0.717, 1.165) is 12.0 Å². The zero-order chi connectivity index (χ0) is 14.7. The number of esters is 1. The summed E-state index contributed by atoms with van der Waals surface area (Å²) in [4.78, 5) is 11.0. The number of ether oxygens (including phenoxy) is 1. The summed E-state index contributed by atoms with van der Waals surface area (Å²) in [7, 11) is 0. The highest BCUT2D eigenvalue weighted by atomic mass is 16.5. The molecule has 0 aliphatic heterocycles. The Hall–Kier alpha value is -1.83. The van der Waals surface area contributed by atoms with Gasteiger partial charge < -0.3 is 4.74 Å². The molecule has 0 aliphatic rings. The van der Waals surface area contributed by atoms with E-state index in [9.17, 15) is 4.79 Å². The summed E-state index contributed by atoms with van der Waals surface area (Å²) in [5.74, 6) is 0.337. The second-order valence-electron chi connectivity index (χ2n) is 5.43. The molecule has 0 amide bonds. The van der Waals surface area contributed by atoms with Gasteiger partial charge in [-0.15, -0.1) is 0 Å². The van der Waals surface area contributed by atoms with E-state index >= 15 is 0 Å². The number of benzene rings is 2. The van der Waals surface area contributed by atoms with Crippen LogP contribution in [0.1, 0.15) is 57.3 Å². The van der Waals surface area contributed by atoms with E-state index < -0.39 is 0 Å². The molecule has 2 rings (SSSR count). The van der Waals surface area contributed by atoms with E-state index in [1.165, 1.54) is 23.3 Å². The molecule has 0 heterocycles. The largest absolute Gasteiger partial charge is 0.458 e. The third-order valence-electron chi connectivity index (χ3n) is 3.88. The predicted molar refractivity (Wildman–Crippen MR) is 82.8 cm³/mol. The van der Waals surface area contributed by atoms with Crippen LogP contribution in [-0.2, 0) is 9.53 Å². The second kappa shape index (κ2) is 6.08. The van der Waals surface area contributed by atoms with Crippen LogP contribution in [0.5, 0.6) is 0 Å². The van der Waals surface area contributed by atoms with E-state index in [-0.39, 0.29) is 12.1 Å². The zero-order valence-electron chi connectivity index (χ0n) is 12.6. The van der Waals surface area contributed by atoms with Crippen molar-refractivity contribution in [1.82, 2.24) is 0 Å². The van der Waals surface area contributed by atoms with Crippen LogP contribution in [-0.4, -0.2) is 5.97 Å². The van der Waals surface area contributed by atoms with Crippen molar-refractivity contribution in [2.75, 3.05) is 0 Å². The van der Waals surface area contributed by atoms with Crippen molar-refractivity contribution in [2.24, 2.45) is 0 Å². The van der Waals surface area contributed by atoms with Crippen molar-refractivity contribution in [3.05, 3.63) is 47.5 Å². The molecule has 0 N–H and O–H groups in total. The Kier molecular flexibility index (Phi) is 4.43. The second-order valence-corrected chi connectivity index (χ2v) is 5.43. The van der Waals surface area contributed by atoms with Crippen molar-refractivity contribution in [2.45, 2.75) is 46.1 Å².